The predicted molar refractivity (Wildman–Crippen MR) is 96.8 cm³/mol. The molecule has 2 aromatic rings. The van der Waals surface area contributed by atoms with Crippen LogP contribution in [0.4, 0.5) is 15.7 Å². The lowest BCUT2D eigenvalue weighted by atomic mass is 9.97. The molecule has 1 aromatic heterocycles. The van der Waals surface area contributed by atoms with Gasteiger partial charge in [0.15, 0.2) is 0 Å². The Hall–Kier alpha value is -2.12. The van der Waals surface area contributed by atoms with Gasteiger partial charge in [-0.2, -0.15) is 0 Å². The van der Waals surface area contributed by atoms with Crippen molar-refractivity contribution in [2.75, 3.05) is 29.9 Å². The largest absolute Gasteiger partial charge is 0.396 e. The van der Waals surface area contributed by atoms with Crippen LogP contribution in [0.15, 0.2) is 36.4 Å². The molecule has 7 heteroatoms. The standard InChI is InChI=1S/C17H21N3O3S/c21-12-14-7-9-19(10-8-14)15-3-1-13(2-4-15)11-18-16-5-6-17(24-16)20(22)23/h1-6,14,18,21H,7-12H2. The maximum Gasteiger partial charge on any atom is 0.326 e. The minimum absolute atomic E-state index is 0.152. The van der Waals surface area contributed by atoms with Crippen LogP contribution in [-0.2, 0) is 6.54 Å². The molecule has 24 heavy (non-hydrogen) atoms. The summed E-state index contributed by atoms with van der Waals surface area (Å²) in [5, 5.41) is 24.1. The molecule has 3 rings (SSSR count). The minimum Gasteiger partial charge on any atom is -0.396 e. The first-order valence-electron chi connectivity index (χ1n) is 8.08. The maximum absolute atomic E-state index is 10.7. The van der Waals surface area contributed by atoms with Crippen LogP contribution >= 0.6 is 11.3 Å². The highest BCUT2D eigenvalue weighted by molar-refractivity contribution is 7.19. The zero-order valence-corrected chi connectivity index (χ0v) is 14.2. The molecule has 2 heterocycles. The highest BCUT2D eigenvalue weighted by Crippen LogP contribution is 2.29. The molecule has 1 fully saturated rings. The van der Waals surface area contributed by atoms with Gasteiger partial charge in [0.2, 0.25) is 0 Å². The monoisotopic (exact) mass is 347 g/mol. The van der Waals surface area contributed by atoms with E-state index >= 15 is 0 Å². The van der Waals surface area contributed by atoms with Crippen molar-refractivity contribution < 1.29 is 10.0 Å². The zero-order valence-electron chi connectivity index (χ0n) is 13.4. The minimum atomic E-state index is -0.370. The van der Waals surface area contributed by atoms with Crippen molar-refractivity contribution in [3.05, 3.63) is 52.1 Å². The number of aliphatic hydroxyl groups excluding tert-OH is 1. The average molecular weight is 347 g/mol. The van der Waals surface area contributed by atoms with Crippen molar-refractivity contribution in [2.24, 2.45) is 5.92 Å². The van der Waals surface area contributed by atoms with Crippen LogP contribution in [0.3, 0.4) is 0 Å². The van der Waals surface area contributed by atoms with E-state index in [1.54, 1.807) is 6.07 Å². The number of aliphatic hydroxyl groups is 1. The van der Waals surface area contributed by atoms with E-state index in [0.717, 1.165) is 47.8 Å². The summed E-state index contributed by atoms with van der Waals surface area (Å²) in [6.45, 7) is 2.91. The number of anilines is 2. The van der Waals surface area contributed by atoms with E-state index < -0.39 is 0 Å². The average Bonchev–Trinajstić information content (AvgIpc) is 3.10. The summed E-state index contributed by atoms with van der Waals surface area (Å²) in [7, 11) is 0. The summed E-state index contributed by atoms with van der Waals surface area (Å²) in [6.07, 6.45) is 2.08. The van der Waals surface area contributed by atoms with Crippen molar-refractivity contribution in [1.82, 2.24) is 0 Å². The fourth-order valence-electron chi connectivity index (χ4n) is 2.91. The first-order chi connectivity index (χ1) is 11.7. The summed E-state index contributed by atoms with van der Waals surface area (Å²) in [5.74, 6) is 0.444. The van der Waals surface area contributed by atoms with Gasteiger partial charge < -0.3 is 15.3 Å². The number of thiophene rings is 1. The Balaban J connectivity index is 1.53. The number of nitrogens with zero attached hydrogens (tertiary/aromatic N) is 2. The highest BCUT2D eigenvalue weighted by atomic mass is 32.1. The Morgan fingerprint density at radius 2 is 1.92 bits per heavy atom. The Morgan fingerprint density at radius 3 is 2.50 bits per heavy atom. The van der Waals surface area contributed by atoms with Gasteiger partial charge >= 0.3 is 5.00 Å². The molecule has 0 spiro atoms. The van der Waals surface area contributed by atoms with Crippen LogP contribution in [0.5, 0.6) is 0 Å². The van der Waals surface area contributed by atoms with Crippen molar-refractivity contribution >= 4 is 27.0 Å². The molecule has 0 unspecified atom stereocenters. The summed E-state index contributed by atoms with van der Waals surface area (Å²) in [4.78, 5) is 12.7. The molecule has 128 valence electrons. The molecular weight excluding hydrogens is 326 g/mol. The molecule has 0 saturated carbocycles. The van der Waals surface area contributed by atoms with Crippen LogP contribution in [0.1, 0.15) is 18.4 Å². The molecule has 0 atom stereocenters. The van der Waals surface area contributed by atoms with Gasteiger partial charge in [-0.3, -0.25) is 10.1 Å². The maximum atomic E-state index is 10.7. The Labute approximate surface area is 144 Å². The number of hydrogen-bond acceptors (Lipinski definition) is 6. The van der Waals surface area contributed by atoms with E-state index in [1.165, 1.54) is 11.8 Å². The molecule has 1 saturated heterocycles. The van der Waals surface area contributed by atoms with Crippen LogP contribution in [0.25, 0.3) is 0 Å². The molecule has 1 aromatic carbocycles. The fourth-order valence-corrected chi connectivity index (χ4v) is 3.62. The number of nitrogens with one attached hydrogen (secondary N) is 1. The second-order valence-electron chi connectivity index (χ2n) is 6.03. The lowest BCUT2D eigenvalue weighted by Gasteiger charge is -2.33. The molecule has 0 aliphatic carbocycles. The van der Waals surface area contributed by atoms with Crippen LogP contribution in [-0.4, -0.2) is 29.7 Å². The lowest BCUT2D eigenvalue weighted by Crippen LogP contribution is -2.34. The molecular formula is C17H21N3O3S. The van der Waals surface area contributed by atoms with E-state index in [1.807, 2.05) is 0 Å². The topological polar surface area (TPSA) is 78.6 Å². The van der Waals surface area contributed by atoms with Gasteiger partial charge in [-0.25, -0.2) is 0 Å². The Kier molecular flexibility index (Phi) is 5.32. The third kappa shape index (κ3) is 4.04. The number of hydrogen-bond donors (Lipinski definition) is 2. The summed E-state index contributed by atoms with van der Waals surface area (Å²) >= 11 is 1.15. The van der Waals surface area contributed by atoms with Crippen LogP contribution < -0.4 is 10.2 Å². The fraction of sp³-hybridized carbons (Fsp3) is 0.412. The lowest BCUT2D eigenvalue weighted by molar-refractivity contribution is -0.380. The van der Waals surface area contributed by atoms with Crippen molar-refractivity contribution in [3.8, 4) is 0 Å². The molecule has 0 amide bonds. The number of benzene rings is 1. The van der Waals surface area contributed by atoms with Gasteiger partial charge in [0.25, 0.3) is 0 Å². The van der Waals surface area contributed by atoms with E-state index in [9.17, 15) is 15.2 Å². The quantitative estimate of drug-likeness (QED) is 0.618. The van der Waals surface area contributed by atoms with E-state index in [4.69, 9.17) is 0 Å². The van der Waals surface area contributed by atoms with Gasteiger partial charge in [0.05, 0.1) is 9.92 Å². The SMILES string of the molecule is O=[N+]([O-])c1ccc(NCc2ccc(N3CCC(CO)CC3)cc2)s1. The molecule has 0 radical (unpaired) electrons. The Morgan fingerprint density at radius 1 is 1.21 bits per heavy atom. The smallest absolute Gasteiger partial charge is 0.326 e. The summed E-state index contributed by atoms with van der Waals surface area (Å²) < 4.78 is 0. The third-order valence-electron chi connectivity index (χ3n) is 4.41. The molecule has 1 aliphatic rings. The number of rotatable bonds is 6. The molecule has 2 N–H and O–H groups in total. The first-order valence-corrected chi connectivity index (χ1v) is 8.90. The second kappa shape index (κ2) is 7.63. The zero-order chi connectivity index (χ0) is 16.9. The number of piperidine rings is 1. The van der Waals surface area contributed by atoms with E-state index in [2.05, 4.69) is 34.5 Å². The van der Waals surface area contributed by atoms with Crippen molar-refractivity contribution in [2.45, 2.75) is 19.4 Å². The van der Waals surface area contributed by atoms with Crippen molar-refractivity contribution in [1.29, 1.82) is 0 Å². The predicted octanol–water partition coefficient (Wildman–Crippen LogP) is 3.48. The Bertz CT molecular complexity index is 679. The highest BCUT2D eigenvalue weighted by Gasteiger charge is 2.18. The molecule has 6 nitrogen and oxygen atoms in total. The normalized spacial score (nSPS) is 15.5. The van der Waals surface area contributed by atoms with Gasteiger partial charge in [-0.15, -0.1) is 0 Å². The second-order valence-corrected chi connectivity index (χ2v) is 7.09. The van der Waals surface area contributed by atoms with Gasteiger partial charge in [-0.05, 0) is 53.9 Å². The number of nitro groups is 1. The van der Waals surface area contributed by atoms with Crippen molar-refractivity contribution in [3.63, 3.8) is 0 Å². The molecule has 0 bridgehead atoms. The van der Waals surface area contributed by atoms with Crippen LogP contribution in [0, 0.1) is 16.0 Å². The summed E-state index contributed by atoms with van der Waals surface area (Å²) in [6, 6.07) is 11.7. The summed E-state index contributed by atoms with van der Waals surface area (Å²) in [5.41, 5.74) is 2.35. The first kappa shape index (κ1) is 16.7. The van der Waals surface area contributed by atoms with E-state index in [-0.39, 0.29) is 9.92 Å². The van der Waals surface area contributed by atoms with Gasteiger partial charge in [-0.1, -0.05) is 12.1 Å². The van der Waals surface area contributed by atoms with E-state index in [0.29, 0.717) is 19.1 Å². The van der Waals surface area contributed by atoms with Gasteiger partial charge in [0, 0.05) is 38.0 Å². The molecule has 1 aliphatic heterocycles. The third-order valence-corrected chi connectivity index (χ3v) is 5.41. The van der Waals surface area contributed by atoms with Crippen LogP contribution in [0.2, 0.25) is 0 Å². The van der Waals surface area contributed by atoms with Gasteiger partial charge in [0.1, 0.15) is 0 Å².